The van der Waals surface area contributed by atoms with Gasteiger partial charge in [0.2, 0.25) is 0 Å². The van der Waals surface area contributed by atoms with Gasteiger partial charge in [-0.25, -0.2) is 0 Å². The molecule has 8 heteroatoms. The summed E-state index contributed by atoms with van der Waals surface area (Å²) in [5.74, 6) is -1.21. The molecule has 0 bridgehead atoms. The average molecular weight is 365 g/mol. The van der Waals surface area contributed by atoms with Gasteiger partial charge in [0.25, 0.3) is 5.91 Å². The summed E-state index contributed by atoms with van der Waals surface area (Å²) in [6.45, 7) is 0. The van der Waals surface area contributed by atoms with E-state index in [4.69, 9.17) is 14.6 Å². The predicted octanol–water partition coefficient (Wildman–Crippen LogP) is 1.82. The van der Waals surface area contributed by atoms with Crippen molar-refractivity contribution in [3.63, 3.8) is 0 Å². The van der Waals surface area contributed by atoms with Crippen molar-refractivity contribution in [1.29, 1.82) is 0 Å². The number of carboxylic acids is 1. The van der Waals surface area contributed by atoms with Crippen LogP contribution in [-0.4, -0.2) is 60.6 Å². The molecule has 0 saturated heterocycles. The van der Waals surface area contributed by atoms with Crippen LogP contribution in [0, 0.1) is 0 Å². The van der Waals surface area contributed by atoms with Crippen LogP contribution in [0.15, 0.2) is 29.3 Å². The highest BCUT2D eigenvalue weighted by Crippen LogP contribution is 2.37. The number of ether oxygens (including phenoxy) is 2. The molecule has 1 heterocycles. The van der Waals surface area contributed by atoms with Crippen LogP contribution in [0.25, 0.3) is 0 Å². The molecule has 7 nitrogen and oxygen atoms in total. The highest BCUT2D eigenvalue weighted by molar-refractivity contribution is 7.99. The summed E-state index contributed by atoms with van der Waals surface area (Å²) in [5, 5.41) is 8.57. The Morgan fingerprint density at radius 3 is 2.48 bits per heavy atom. The van der Waals surface area contributed by atoms with Gasteiger partial charge < -0.3 is 19.5 Å². The molecule has 25 heavy (non-hydrogen) atoms. The molecular weight excluding hydrogens is 346 g/mol. The van der Waals surface area contributed by atoms with E-state index in [9.17, 15) is 14.4 Å². The van der Waals surface area contributed by atoms with Gasteiger partial charge in [-0.05, 0) is 18.4 Å². The monoisotopic (exact) mass is 365 g/mol. The Morgan fingerprint density at radius 2 is 1.96 bits per heavy atom. The Balaban J connectivity index is 2.58. The van der Waals surface area contributed by atoms with E-state index in [1.165, 1.54) is 30.9 Å². The number of nitrogens with zero attached hydrogens (tertiary/aromatic N) is 1. The van der Waals surface area contributed by atoms with E-state index in [1.54, 1.807) is 31.5 Å². The number of amides is 1. The van der Waals surface area contributed by atoms with Crippen molar-refractivity contribution in [3.05, 3.63) is 34.9 Å². The number of aliphatic carboxylic acids is 1. The Hall–Kier alpha value is -2.48. The van der Waals surface area contributed by atoms with Crippen LogP contribution in [0.3, 0.4) is 0 Å². The maximum Gasteiger partial charge on any atom is 0.308 e. The lowest BCUT2D eigenvalue weighted by Gasteiger charge is -2.20. The third-order valence-electron chi connectivity index (χ3n) is 3.95. The molecule has 1 atom stereocenters. The number of methoxy groups -OCH3 is 2. The lowest BCUT2D eigenvalue weighted by atomic mass is 9.97. The fraction of sp³-hybridized carbons (Fsp3) is 0.353. The van der Waals surface area contributed by atoms with E-state index >= 15 is 0 Å². The molecule has 0 aliphatic carbocycles. The van der Waals surface area contributed by atoms with Gasteiger partial charge in [0.05, 0.1) is 26.2 Å². The molecule has 1 N–H and O–H groups in total. The number of hydrogen-bond donors (Lipinski definition) is 1. The molecule has 0 fully saturated rings. The first-order chi connectivity index (χ1) is 11.8. The highest BCUT2D eigenvalue weighted by Gasteiger charge is 2.41. The van der Waals surface area contributed by atoms with Gasteiger partial charge in [-0.2, -0.15) is 0 Å². The number of likely N-dealkylation sites (N-methyl/N-ethyl adjacent to an activating group) is 1. The molecule has 2 rings (SSSR count). The number of carboxylic acid groups (broad SMARTS) is 1. The quantitative estimate of drug-likeness (QED) is 0.737. The number of rotatable bonds is 7. The molecule has 0 spiro atoms. The smallest absolute Gasteiger partial charge is 0.308 e. The van der Waals surface area contributed by atoms with Crippen LogP contribution < -0.4 is 9.47 Å². The van der Waals surface area contributed by atoms with E-state index in [-0.39, 0.29) is 16.7 Å². The summed E-state index contributed by atoms with van der Waals surface area (Å²) >= 11 is 1.30. The summed E-state index contributed by atoms with van der Waals surface area (Å²) in [6, 6.07) is 4.73. The summed E-state index contributed by atoms with van der Waals surface area (Å²) in [7, 11) is 4.48. The number of ketones is 1. The van der Waals surface area contributed by atoms with Crippen LogP contribution in [-0.2, 0) is 9.59 Å². The van der Waals surface area contributed by atoms with Gasteiger partial charge in [0.1, 0.15) is 16.9 Å². The van der Waals surface area contributed by atoms with Crippen molar-refractivity contribution in [2.24, 2.45) is 0 Å². The van der Waals surface area contributed by atoms with E-state index in [0.717, 1.165) is 0 Å². The Kier molecular flexibility index (Phi) is 5.73. The van der Waals surface area contributed by atoms with E-state index in [1.807, 2.05) is 0 Å². The summed E-state index contributed by atoms with van der Waals surface area (Å²) in [5.41, 5.74) is 0.450. The van der Waals surface area contributed by atoms with Crippen molar-refractivity contribution in [1.82, 2.24) is 4.90 Å². The zero-order valence-electron chi connectivity index (χ0n) is 14.4. The number of thioether (sulfide) groups is 1. The minimum Gasteiger partial charge on any atom is -0.497 e. The minimum atomic E-state index is -1.16. The minimum absolute atomic E-state index is 0.0113. The first-order valence-electron chi connectivity index (χ1n) is 7.37. The molecule has 0 saturated carbocycles. The van der Waals surface area contributed by atoms with Gasteiger partial charge in [-0.15, -0.1) is 11.8 Å². The fourth-order valence-corrected chi connectivity index (χ4v) is 3.65. The van der Waals surface area contributed by atoms with Crippen molar-refractivity contribution >= 4 is 29.4 Å². The van der Waals surface area contributed by atoms with E-state index < -0.39 is 29.5 Å². The SMILES string of the molecule is COc1ccc(C(=O)C2=C(CC(=O)O)C(=O)N(C)[C@H]2SC)c(OC)c1. The highest BCUT2D eigenvalue weighted by atomic mass is 32.2. The number of Topliss-reactive ketones (excluding diaryl/α,β-unsaturated/α-hetero) is 1. The molecule has 1 aliphatic heterocycles. The molecule has 0 radical (unpaired) electrons. The predicted molar refractivity (Wildman–Crippen MR) is 93.2 cm³/mol. The van der Waals surface area contributed by atoms with Gasteiger partial charge >= 0.3 is 5.97 Å². The van der Waals surface area contributed by atoms with Gasteiger partial charge in [-0.3, -0.25) is 14.4 Å². The van der Waals surface area contributed by atoms with Crippen LogP contribution in [0.2, 0.25) is 0 Å². The van der Waals surface area contributed by atoms with Crippen LogP contribution >= 0.6 is 11.8 Å². The second-order valence-electron chi connectivity index (χ2n) is 5.36. The fourth-order valence-electron chi connectivity index (χ4n) is 2.76. The Labute approximate surface area is 149 Å². The van der Waals surface area contributed by atoms with E-state index in [0.29, 0.717) is 11.5 Å². The summed E-state index contributed by atoms with van der Waals surface area (Å²) in [6.07, 6.45) is 1.26. The first-order valence-corrected chi connectivity index (χ1v) is 8.66. The van der Waals surface area contributed by atoms with Gasteiger partial charge in [-0.1, -0.05) is 0 Å². The summed E-state index contributed by atoms with van der Waals surface area (Å²) < 4.78 is 10.4. The molecular formula is C17H19NO6S. The second kappa shape index (κ2) is 7.60. The summed E-state index contributed by atoms with van der Waals surface area (Å²) in [4.78, 5) is 38.0. The third kappa shape index (κ3) is 3.48. The normalized spacial score (nSPS) is 17.0. The number of carbonyl (C=O) groups excluding carboxylic acids is 2. The first kappa shape index (κ1) is 18.9. The maximum absolute atomic E-state index is 13.1. The zero-order chi connectivity index (χ0) is 18.7. The molecule has 134 valence electrons. The second-order valence-corrected chi connectivity index (χ2v) is 6.28. The maximum atomic E-state index is 13.1. The standard InChI is InChI=1S/C17H19NO6S/c1-18-16(22)11(8-13(19)20)14(17(18)25-4)15(21)10-6-5-9(23-2)7-12(10)24-3/h5-7,17H,8H2,1-4H3,(H,19,20)/t17-/m0/s1. The van der Waals surface area contributed by atoms with Crippen LogP contribution in [0.5, 0.6) is 11.5 Å². The number of carbonyl (C=O) groups is 3. The largest absolute Gasteiger partial charge is 0.497 e. The van der Waals surface area contributed by atoms with Gasteiger partial charge in [0.15, 0.2) is 5.78 Å². The Bertz CT molecular complexity index is 758. The lowest BCUT2D eigenvalue weighted by molar-refractivity contribution is -0.137. The molecule has 1 amide bonds. The molecule has 0 aromatic heterocycles. The zero-order valence-corrected chi connectivity index (χ0v) is 15.2. The van der Waals surface area contributed by atoms with Gasteiger partial charge in [0, 0.05) is 24.3 Å². The molecule has 1 aliphatic rings. The molecule has 1 aromatic carbocycles. The molecule has 1 aromatic rings. The van der Waals surface area contributed by atoms with E-state index in [2.05, 4.69) is 0 Å². The van der Waals surface area contributed by atoms with Crippen molar-refractivity contribution in [2.75, 3.05) is 27.5 Å². The van der Waals surface area contributed by atoms with Crippen molar-refractivity contribution in [2.45, 2.75) is 11.8 Å². The van der Waals surface area contributed by atoms with Crippen LogP contribution in [0.4, 0.5) is 0 Å². The number of hydrogen-bond acceptors (Lipinski definition) is 6. The Morgan fingerprint density at radius 1 is 1.28 bits per heavy atom. The van der Waals surface area contributed by atoms with Crippen LogP contribution in [0.1, 0.15) is 16.8 Å². The lowest BCUT2D eigenvalue weighted by Crippen LogP contribution is -2.30. The topological polar surface area (TPSA) is 93.1 Å². The average Bonchev–Trinajstić information content (AvgIpc) is 2.84. The molecule has 0 unspecified atom stereocenters. The third-order valence-corrected chi connectivity index (χ3v) is 4.95. The van der Waals surface area contributed by atoms with Crippen molar-refractivity contribution in [3.8, 4) is 11.5 Å². The number of benzene rings is 1. The van der Waals surface area contributed by atoms with Crippen molar-refractivity contribution < 1.29 is 29.0 Å².